The second-order valence-corrected chi connectivity index (χ2v) is 13.0. The second kappa shape index (κ2) is 11.1. The van der Waals surface area contributed by atoms with E-state index in [1.165, 1.54) is 18.6 Å². The molecule has 214 valence electrons. The molecule has 0 radical (unpaired) electrons. The van der Waals surface area contributed by atoms with Gasteiger partial charge in [0.1, 0.15) is 11.6 Å². The molecule has 6 rings (SSSR count). The summed E-state index contributed by atoms with van der Waals surface area (Å²) in [5, 5.41) is 8.89. The fourth-order valence-corrected chi connectivity index (χ4v) is 6.50. The molecule has 0 aliphatic carbocycles. The summed E-state index contributed by atoms with van der Waals surface area (Å²) in [6.07, 6.45) is 5.85. The van der Waals surface area contributed by atoms with Crippen LogP contribution in [0.2, 0.25) is 5.02 Å². The standard InChI is InChI=1S/C27H35ClN8O3S/c1-40(38,39)32-21-8-7-19(28)16-20(21)27(37)35-14-3-2-6-23(35)22-17-25-30-24(33-12-5-13-33)18-26(36(25)31-22)34-11-4-9-29-10-15-34/h7-8,16-18,23,29,32H,2-6,9-15H2,1H3. The van der Waals surface area contributed by atoms with Crippen LogP contribution in [-0.4, -0.2) is 85.9 Å². The zero-order valence-electron chi connectivity index (χ0n) is 22.6. The van der Waals surface area contributed by atoms with Gasteiger partial charge in [0.15, 0.2) is 5.65 Å². The number of nitrogens with zero attached hydrogens (tertiary/aromatic N) is 6. The Bertz CT molecular complexity index is 1520. The maximum atomic E-state index is 14.0. The van der Waals surface area contributed by atoms with Crippen molar-refractivity contribution >= 4 is 50.5 Å². The average molecular weight is 587 g/mol. The van der Waals surface area contributed by atoms with Crippen molar-refractivity contribution in [2.24, 2.45) is 0 Å². The molecular formula is C27H35ClN8O3S. The van der Waals surface area contributed by atoms with E-state index >= 15 is 0 Å². The Balaban J connectivity index is 1.39. The van der Waals surface area contributed by atoms with Gasteiger partial charge in [-0.1, -0.05) is 11.6 Å². The van der Waals surface area contributed by atoms with Crippen molar-refractivity contribution in [1.82, 2.24) is 24.8 Å². The fourth-order valence-electron chi connectivity index (χ4n) is 5.75. The van der Waals surface area contributed by atoms with Gasteiger partial charge >= 0.3 is 0 Å². The molecule has 40 heavy (non-hydrogen) atoms. The normalized spacial score (nSPS) is 20.4. The van der Waals surface area contributed by atoms with E-state index in [0.717, 1.165) is 94.2 Å². The molecule has 3 aromatic rings. The number of likely N-dealkylation sites (tertiary alicyclic amines) is 1. The Hall–Kier alpha value is -3.09. The van der Waals surface area contributed by atoms with Crippen LogP contribution in [-0.2, 0) is 10.0 Å². The Morgan fingerprint density at radius 3 is 2.60 bits per heavy atom. The van der Waals surface area contributed by atoms with Crippen LogP contribution < -0.4 is 19.8 Å². The lowest BCUT2D eigenvalue weighted by Crippen LogP contribution is -2.39. The third-order valence-corrected chi connectivity index (χ3v) is 8.70. The summed E-state index contributed by atoms with van der Waals surface area (Å²) in [5.74, 6) is 1.71. The maximum Gasteiger partial charge on any atom is 0.256 e. The summed E-state index contributed by atoms with van der Waals surface area (Å²) in [7, 11) is -3.59. The van der Waals surface area contributed by atoms with E-state index in [-0.39, 0.29) is 23.2 Å². The SMILES string of the molecule is CS(=O)(=O)Nc1ccc(Cl)cc1C(=O)N1CCCCC1c1cc2nc(N3CCC3)cc(N3CCCNCC3)n2n1. The first-order valence-corrected chi connectivity index (χ1v) is 16.2. The molecule has 1 amide bonds. The van der Waals surface area contributed by atoms with Crippen molar-refractivity contribution in [2.75, 3.05) is 66.6 Å². The number of aromatic nitrogens is 3. The van der Waals surface area contributed by atoms with Gasteiger partial charge in [-0.2, -0.15) is 9.61 Å². The zero-order valence-corrected chi connectivity index (χ0v) is 24.2. The lowest BCUT2D eigenvalue weighted by atomic mass is 9.98. The minimum absolute atomic E-state index is 0.217. The number of piperidine rings is 1. The van der Waals surface area contributed by atoms with Gasteiger partial charge in [-0.25, -0.2) is 13.4 Å². The monoisotopic (exact) mass is 586 g/mol. The number of nitrogens with one attached hydrogen (secondary N) is 2. The molecule has 0 bridgehead atoms. The van der Waals surface area contributed by atoms with Gasteiger partial charge in [-0.15, -0.1) is 0 Å². The van der Waals surface area contributed by atoms with Crippen LogP contribution >= 0.6 is 11.6 Å². The first kappa shape index (κ1) is 27.1. The Morgan fingerprint density at radius 1 is 1.00 bits per heavy atom. The van der Waals surface area contributed by atoms with Gasteiger partial charge in [-0.05, 0) is 56.8 Å². The van der Waals surface area contributed by atoms with Crippen LogP contribution in [0.25, 0.3) is 5.65 Å². The number of halogens is 1. The van der Waals surface area contributed by atoms with E-state index in [1.807, 2.05) is 10.6 Å². The van der Waals surface area contributed by atoms with Gasteiger partial charge < -0.3 is 20.0 Å². The van der Waals surface area contributed by atoms with E-state index in [4.69, 9.17) is 21.7 Å². The van der Waals surface area contributed by atoms with Crippen molar-refractivity contribution in [2.45, 2.75) is 38.1 Å². The first-order chi connectivity index (χ1) is 19.3. The smallest absolute Gasteiger partial charge is 0.256 e. The van der Waals surface area contributed by atoms with Crippen LogP contribution in [0.1, 0.15) is 54.2 Å². The summed E-state index contributed by atoms with van der Waals surface area (Å²) in [6.45, 7) is 6.25. The highest BCUT2D eigenvalue weighted by Gasteiger charge is 2.33. The predicted octanol–water partition coefficient (Wildman–Crippen LogP) is 3.13. The number of anilines is 3. The van der Waals surface area contributed by atoms with Crippen LogP contribution in [0, 0.1) is 0 Å². The van der Waals surface area contributed by atoms with E-state index in [2.05, 4.69) is 25.9 Å². The number of carbonyl (C=O) groups is 1. The first-order valence-electron chi connectivity index (χ1n) is 14.0. The molecule has 11 nitrogen and oxygen atoms in total. The highest BCUT2D eigenvalue weighted by Crippen LogP contribution is 2.35. The van der Waals surface area contributed by atoms with Crippen LogP contribution in [0.5, 0.6) is 0 Å². The third-order valence-electron chi connectivity index (χ3n) is 7.87. The highest BCUT2D eigenvalue weighted by molar-refractivity contribution is 7.92. The number of carbonyl (C=O) groups excluding carboxylic acids is 1. The molecule has 3 aliphatic heterocycles. The fraction of sp³-hybridized carbons (Fsp3) is 0.519. The van der Waals surface area contributed by atoms with E-state index in [0.29, 0.717) is 11.6 Å². The molecular weight excluding hydrogens is 552 g/mol. The van der Waals surface area contributed by atoms with Crippen molar-refractivity contribution in [3.05, 3.63) is 46.6 Å². The Kier molecular flexibility index (Phi) is 7.49. The minimum atomic E-state index is -3.59. The molecule has 1 aromatic carbocycles. The predicted molar refractivity (Wildman–Crippen MR) is 157 cm³/mol. The number of fused-ring (bicyclic) bond motifs is 1. The van der Waals surface area contributed by atoms with E-state index in [9.17, 15) is 13.2 Å². The maximum absolute atomic E-state index is 14.0. The van der Waals surface area contributed by atoms with Gasteiger partial charge in [0.2, 0.25) is 10.0 Å². The van der Waals surface area contributed by atoms with Gasteiger partial charge in [0.05, 0.1) is 29.2 Å². The third kappa shape index (κ3) is 5.57. The summed E-state index contributed by atoms with van der Waals surface area (Å²) >= 11 is 6.25. The molecule has 0 spiro atoms. The number of hydrogen-bond donors (Lipinski definition) is 2. The molecule has 3 aliphatic rings. The van der Waals surface area contributed by atoms with Crippen molar-refractivity contribution in [3.8, 4) is 0 Å². The van der Waals surface area contributed by atoms with Crippen LogP contribution in [0.3, 0.4) is 0 Å². The molecule has 0 saturated carbocycles. The molecule has 1 atom stereocenters. The number of amides is 1. The number of benzene rings is 1. The van der Waals surface area contributed by atoms with Gasteiger partial charge in [0.25, 0.3) is 5.91 Å². The summed E-state index contributed by atoms with van der Waals surface area (Å²) in [4.78, 5) is 25.4. The molecule has 3 saturated heterocycles. The average Bonchev–Trinajstić information content (AvgIpc) is 3.13. The molecule has 3 fully saturated rings. The summed E-state index contributed by atoms with van der Waals surface area (Å²) in [6, 6.07) is 8.52. The topological polar surface area (TPSA) is 115 Å². The van der Waals surface area contributed by atoms with Crippen LogP contribution in [0.4, 0.5) is 17.3 Å². The van der Waals surface area contributed by atoms with Crippen molar-refractivity contribution in [3.63, 3.8) is 0 Å². The lowest BCUT2D eigenvalue weighted by molar-refractivity contribution is 0.0607. The zero-order chi connectivity index (χ0) is 27.9. The van der Waals surface area contributed by atoms with E-state index in [1.54, 1.807) is 11.0 Å². The highest BCUT2D eigenvalue weighted by atomic mass is 35.5. The lowest BCUT2D eigenvalue weighted by Gasteiger charge is -2.35. The number of sulfonamides is 1. The van der Waals surface area contributed by atoms with Crippen LogP contribution in [0.15, 0.2) is 30.3 Å². The second-order valence-electron chi connectivity index (χ2n) is 10.8. The van der Waals surface area contributed by atoms with E-state index < -0.39 is 10.0 Å². The van der Waals surface area contributed by atoms with Gasteiger partial charge in [0, 0.05) is 56.4 Å². The molecule has 13 heteroatoms. The van der Waals surface area contributed by atoms with Crippen molar-refractivity contribution in [1.29, 1.82) is 0 Å². The largest absolute Gasteiger partial charge is 0.356 e. The molecule has 1 unspecified atom stereocenters. The summed E-state index contributed by atoms with van der Waals surface area (Å²) in [5.41, 5.74) is 2.00. The summed E-state index contributed by atoms with van der Waals surface area (Å²) < 4.78 is 28.4. The molecule has 5 heterocycles. The Morgan fingerprint density at radius 2 is 1.82 bits per heavy atom. The quantitative estimate of drug-likeness (QED) is 0.453. The molecule has 2 aromatic heterocycles. The van der Waals surface area contributed by atoms with Gasteiger partial charge in [-0.3, -0.25) is 9.52 Å². The van der Waals surface area contributed by atoms with Crippen molar-refractivity contribution < 1.29 is 13.2 Å². The number of rotatable bonds is 6. The molecule has 2 N–H and O–H groups in total. The minimum Gasteiger partial charge on any atom is -0.356 e. The number of hydrogen-bond acceptors (Lipinski definition) is 8. The Labute approximate surface area is 239 Å².